The fraction of sp³-hybridized carbons (Fsp3) is 0.692. The number of hydrogen-bond donors (Lipinski definition) is 1. The van der Waals surface area contributed by atoms with E-state index in [1.165, 1.54) is 18.5 Å². The number of anilines is 1. The predicted molar refractivity (Wildman–Crippen MR) is 68.8 cm³/mol. The van der Waals surface area contributed by atoms with E-state index in [9.17, 15) is 0 Å². The molecule has 1 heterocycles. The fourth-order valence-corrected chi connectivity index (χ4v) is 1.54. The SMILES string of the molecule is CCCCc1cc(NCCC)nc(CC)n1. The topological polar surface area (TPSA) is 37.8 Å². The molecule has 1 rings (SSSR count). The Hall–Kier alpha value is -1.12. The van der Waals surface area contributed by atoms with Crippen LogP contribution >= 0.6 is 0 Å². The van der Waals surface area contributed by atoms with Crippen LogP contribution < -0.4 is 5.32 Å². The normalized spacial score (nSPS) is 10.4. The third-order valence-corrected chi connectivity index (χ3v) is 2.48. The molecule has 0 saturated carbocycles. The summed E-state index contributed by atoms with van der Waals surface area (Å²) in [4.78, 5) is 9.02. The summed E-state index contributed by atoms with van der Waals surface area (Å²) in [6.45, 7) is 7.45. The first kappa shape index (κ1) is 12.9. The summed E-state index contributed by atoms with van der Waals surface area (Å²) >= 11 is 0. The van der Waals surface area contributed by atoms with E-state index in [1.807, 2.05) is 0 Å². The molecule has 3 nitrogen and oxygen atoms in total. The maximum absolute atomic E-state index is 4.55. The largest absolute Gasteiger partial charge is 0.370 e. The van der Waals surface area contributed by atoms with Crippen LogP contribution in [0.1, 0.15) is 51.6 Å². The third-order valence-electron chi connectivity index (χ3n) is 2.48. The monoisotopic (exact) mass is 221 g/mol. The molecular weight excluding hydrogens is 198 g/mol. The first-order valence-corrected chi connectivity index (χ1v) is 6.40. The van der Waals surface area contributed by atoms with E-state index >= 15 is 0 Å². The highest BCUT2D eigenvalue weighted by molar-refractivity contribution is 5.36. The molecule has 0 unspecified atom stereocenters. The zero-order chi connectivity index (χ0) is 11.8. The van der Waals surface area contributed by atoms with Crippen molar-refractivity contribution in [2.45, 2.75) is 52.9 Å². The summed E-state index contributed by atoms with van der Waals surface area (Å²) in [6.07, 6.45) is 5.50. The minimum Gasteiger partial charge on any atom is -0.370 e. The first-order chi connectivity index (χ1) is 7.80. The lowest BCUT2D eigenvalue weighted by Crippen LogP contribution is -2.07. The molecule has 0 atom stereocenters. The zero-order valence-corrected chi connectivity index (χ0v) is 10.7. The van der Waals surface area contributed by atoms with Crippen LogP contribution in [0.25, 0.3) is 0 Å². The number of nitrogens with one attached hydrogen (secondary N) is 1. The molecule has 1 N–H and O–H groups in total. The molecule has 0 bridgehead atoms. The van der Waals surface area contributed by atoms with Crippen molar-refractivity contribution in [1.82, 2.24) is 9.97 Å². The minimum absolute atomic E-state index is 0.904. The van der Waals surface area contributed by atoms with Crippen LogP contribution in [0.15, 0.2) is 6.07 Å². The number of hydrogen-bond acceptors (Lipinski definition) is 3. The smallest absolute Gasteiger partial charge is 0.130 e. The molecule has 0 radical (unpaired) electrons. The van der Waals surface area contributed by atoms with E-state index in [4.69, 9.17) is 0 Å². The van der Waals surface area contributed by atoms with Gasteiger partial charge in [-0.1, -0.05) is 27.2 Å². The summed E-state index contributed by atoms with van der Waals surface area (Å²) in [7, 11) is 0. The van der Waals surface area contributed by atoms with Gasteiger partial charge in [0.15, 0.2) is 0 Å². The van der Waals surface area contributed by atoms with E-state index in [1.54, 1.807) is 0 Å². The lowest BCUT2D eigenvalue weighted by Gasteiger charge is -2.08. The van der Waals surface area contributed by atoms with Gasteiger partial charge in [-0.25, -0.2) is 9.97 Å². The maximum atomic E-state index is 4.55. The summed E-state index contributed by atoms with van der Waals surface area (Å²) < 4.78 is 0. The maximum Gasteiger partial charge on any atom is 0.130 e. The molecule has 0 fully saturated rings. The van der Waals surface area contributed by atoms with Gasteiger partial charge in [0.05, 0.1) is 0 Å². The van der Waals surface area contributed by atoms with Crippen LogP contribution in [0, 0.1) is 0 Å². The number of rotatable bonds is 7. The highest BCUT2D eigenvalue weighted by Crippen LogP contribution is 2.10. The molecule has 0 spiro atoms. The number of aryl methyl sites for hydroxylation is 2. The summed E-state index contributed by atoms with van der Waals surface area (Å²) in [5.74, 6) is 1.94. The lowest BCUT2D eigenvalue weighted by molar-refractivity contribution is 0.761. The van der Waals surface area contributed by atoms with Crippen LogP contribution in [-0.2, 0) is 12.8 Å². The van der Waals surface area contributed by atoms with Crippen molar-refractivity contribution in [2.75, 3.05) is 11.9 Å². The van der Waals surface area contributed by atoms with Crippen molar-refractivity contribution in [1.29, 1.82) is 0 Å². The van der Waals surface area contributed by atoms with Gasteiger partial charge in [-0.15, -0.1) is 0 Å². The summed E-state index contributed by atoms with van der Waals surface area (Å²) in [5, 5.41) is 3.33. The van der Waals surface area contributed by atoms with E-state index in [-0.39, 0.29) is 0 Å². The summed E-state index contributed by atoms with van der Waals surface area (Å²) in [6, 6.07) is 2.09. The Labute approximate surface area is 98.7 Å². The fourth-order valence-electron chi connectivity index (χ4n) is 1.54. The average molecular weight is 221 g/mol. The van der Waals surface area contributed by atoms with E-state index < -0.39 is 0 Å². The molecule has 0 aliphatic heterocycles. The van der Waals surface area contributed by atoms with Crippen molar-refractivity contribution in [3.8, 4) is 0 Å². The first-order valence-electron chi connectivity index (χ1n) is 6.40. The van der Waals surface area contributed by atoms with Crippen LogP contribution in [0.5, 0.6) is 0 Å². The molecule has 0 aromatic carbocycles. The number of nitrogens with zero attached hydrogens (tertiary/aromatic N) is 2. The van der Waals surface area contributed by atoms with Gasteiger partial charge in [-0.2, -0.15) is 0 Å². The Bertz CT molecular complexity index is 284. The van der Waals surface area contributed by atoms with Gasteiger partial charge in [-0.3, -0.25) is 0 Å². The Morgan fingerprint density at radius 2 is 1.94 bits per heavy atom. The van der Waals surface area contributed by atoms with Crippen LogP contribution in [0.3, 0.4) is 0 Å². The highest BCUT2D eigenvalue weighted by atomic mass is 15.0. The van der Waals surface area contributed by atoms with Gasteiger partial charge in [0, 0.05) is 24.7 Å². The summed E-state index contributed by atoms with van der Waals surface area (Å²) in [5.41, 5.74) is 1.17. The minimum atomic E-state index is 0.904. The number of aromatic nitrogens is 2. The second kappa shape index (κ2) is 7.20. The van der Waals surface area contributed by atoms with Crippen molar-refractivity contribution >= 4 is 5.82 Å². The average Bonchev–Trinajstić information content (AvgIpc) is 2.33. The molecule has 0 aliphatic rings. The molecule has 0 aliphatic carbocycles. The van der Waals surface area contributed by atoms with E-state index in [0.717, 1.165) is 37.4 Å². The Morgan fingerprint density at radius 3 is 2.56 bits per heavy atom. The Kier molecular flexibility index (Phi) is 5.83. The standard InChI is InChI=1S/C13H23N3/c1-4-7-8-11-10-13(14-9-5-2)16-12(6-3)15-11/h10H,4-9H2,1-3H3,(H,14,15,16). The molecule has 1 aromatic rings. The third kappa shape index (κ3) is 4.17. The van der Waals surface area contributed by atoms with E-state index in [2.05, 4.69) is 42.1 Å². The second-order valence-corrected chi connectivity index (χ2v) is 4.04. The molecular formula is C13H23N3. The van der Waals surface area contributed by atoms with Gasteiger partial charge in [-0.05, 0) is 19.3 Å². The molecule has 0 amide bonds. The van der Waals surface area contributed by atoms with Gasteiger partial charge >= 0.3 is 0 Å². The van der Waals surface area contributed by atoms with E-state index in [0.29, 0.717) is 0 Å². The van der Waals surface area contributed by atoms with Crippen LogP contribution in [0.4, 0.5) is 5.82 Å². The van der Waals surface area contributed by atoms with Crippen molar-refractivity contribution < 1.29 is 0 Å². The molecule has 1 aromatic heterocycles. The molecule has 16 heavy (non-hydrogen) atoms. The van der Waals surface area contributed by atoms with Gasteiger partial charge in [0.2, 0.25) is 0 Å². The van der Waals surface area contributed by atoms with Gasteiger partial charge in [0.1, 0.15) is 11.6 Å². The zero-order valence-electron chi connectivity index (χ0n) is 10.7. The number of unbranched alkanes of at least 4 members (excludes halogenated alkanes) is 1. The van der Waals surface area contributed by atoms with Crippen molar-refractivity contribution in [3.05, 3.63) is 17.6 Å². The van der Waals surface area contributed by atoms with Crippen LogP contribution in [0.2, 0.25) is 0 Å². The highest BCUT2D eigenvalue weighted by Gasteiger charge is 2.02. The Morgan fingerprint density at radius 1 is 1.12 bits per heavy atom. The van der Waals surface area contributed by atoms with Gasteiger partial charge in [0.25, 0.3) is 0 Å². The van der Waals surface area contributed by atoms with Gasteiger partial charge < -0.3 is 5.32 Å². The second-order valence-electron chi connectivity index (χ2n) is 4.04. The van der Waals surface area contributed by atoms with Crippen LogP contribution in [-0.4, -0.2) is 16.5 Å². The van der Waals surface area contributed by atoms with Crippen molar-refractivity contribution in [3.63, 3.8) is 0 Å². The Balaban J connectivity index is 2.74. The predicted octanol–water partition coefficient (Wildman–Crippen LogP) is 3.20. The molecule has 3 heteroatoms. The molecule has 0 saturated heterocycles. The molecule has 90 valence electrons. The van der Waals surface area contributed by atoms with Crippen molar-refractivity contribution in [2.24, 2.45) is 0 Å². The quantitative estimate of drug-likeness (QED) is 0.768. The lowest BCUT2D eigenvalue weighted by atomic mass is 10.2.